The van der Waals surface area contributed by atoms with E-state index in [0.29, 0.717) is 28.6 Å². The lowest BCUT2D eigenvalue weighted by atomic mass is 10.2. The molecule has 0 saturated carbocycles. The Labute approximate surface area is 122 Å². The molecule has 1 N–H and O–H groups in total. The fourth-order valence-corrected chi connectivity index (χ4v) is 2.21. The molecule has 0 atom stereocenters. The quantitative estimate of drug-likeness (QED) is 0.784. The summed E-state index contributed by atoms with van der Waals surface area (Å²) in [5.74, 6) is 1.94. The van der Waals surface area contributed by atoms with E-state index < -0.39 is 0 Å². The van der Waals surface area contributed by atoms with E-state index in [0.717, 1.165) is 12.2 Å². The Morgan fingerprint density at radius 3 is 2.58 bits per heavy atom. The van der Waals surface area contributed by atoms with E-state index in [1.54, 1.807) is 23.9 Å². The normalized spacial score (nSPS) is 10.1. The molecular formula is C13H18ClNO3S. The Kier molecular flexibility index (Phi) is 6.87. The predicted octanol–water partition coefficient (Wildman–Crippen LogP) is 3.44. The molecule has 0 radical (unpaired) electrons. The molecule has 1 amide bonds. The zero-order valence-electron chi connectivity index (χ0n) is 11.3. The molecule has 0 spiro atoms. The molecule has 0 bridgehead atoms. The first kappa shape index (κ1) is 16.0. The van der Waals surface area contributed by atoms with Crippen LogP contribution < -0.4 is 14.8 Å². The topological polar surface area (TPSA) is 47.6 Å². The number of rotatable bonds is 7. The Hall–Kier alpha value is -1.07. The van der Waals surface area contributed by atoms with Crippen molar-refractivity contribution < 1.29 is 14.3 Å². The number of hydrogen-bond acceptors (Lipinski definition) is 4. The molecule has 4 nitrogen and oxygen atoms in total. The van der Waals surface area contributed by atoms with Crippen molar-refractivity contribution in [3.63, 3.8) is 0 Å². The molecule has 0 aromatic heterocycles. The summed E-state index contributed by atoms with van der Waals surface area (Å²) in [6, 6.07) is 3.28. The van der Waals surface area contributed by atoms with Gasteiger partial charge < -0.3 is 14.8 Å². The van der Waals surface area contributed by atoms with Gasteiger partial charge in [-0.05, 0) is 18.4 Å². The van der Waals surface area contributed by atoms with Crippen LogP contribution in [0, 0.1) is 0 Å². The average molecular weight is 304 g/mol. The number of hydrogen-bond donors (Lipinski definition) is 1. The molecule has 106 valence electrons. The Bertz CT molecular complexity index is 440. The van der Waals surface area contributed by atoms with E-state index in [4.69, 9.17) is 21.1 Å². The average Bonchev–Trinajstić information content (AvgIpc) is 2.40. The van der Waals surface area contributed by atoms with E-state index in [-0.39, 0.29) is 5.91 Å². The first-order chi connectivity index (χ1) is 9.12. The van der Waals surface area contributed by atoms with Crippen molar-refractivity contribution in [3.8, 4) is 11.5 Å². The summed E-state index contributed by atoms with van der Waals surface area (Å²) in [5, 5.41) is 3.25. The standard InChI is InChI=1S/C13H18ClNO3S/c1-17-11-8-10(12(18-2)7-9(11)14)15-13(16)5-4-6-19-3/h7-8H,4-6H2,1-3H3,(H,15,16). The van der Waals surface area contributed by atoms with E-state index in [1.165, 1.54) is 14.2 Å². The monoisotopic (exact) mass is 303 g/mol. The molecule has 0 fully saturated rings. The van der Waals surface area contributed by atoms with Gasteiger partial charge in [0.15, 0.2) is 0 Å². The van der Waals surface area contributed by atoms with Gasteiger partial charge in [-0.3, -0.25) is 4.79 Å². The minimum Gasteiger partial charge on any atom is -0.495 e. The molecule has 0 aliphatic heterocycles. The lowest BCUT2D eigenvalue weighted by Crippen LogP contribution is -2.12. The van der Waals surface area contributed by atoms with Crippen LogP contribution in [0.4, 0.5) is 5.69 Å². The minimum absolute atomic E-state index is 0.0447. The van der Waals surface area contributed by atoms with Crippen molar-refractivity contribution >= 4 is 35.0 Å². The Morgan fingerprint density at radius 2 is 2.00 bits per heavy atom. The van der Waals surface area contributed by atoms with E-state index in [2.05, 4.69) is 5.32 Å². The zero-order valence-corrected chi connectivity index (χ0v) is 12.9. The summed E-state index contributed by atoms with van der Waals surface area (Å²) in [4.78, 5) is 11.8. The van der Waals surface area contributed by atoms with Crippen molar-refractivity contribution in [1.29, 1.82) is 0 Å². The van der Waals surface area contributed by atoms with E-state index in [1.807, 2.05) is 6.26 Å². The van der Waals surface area contributed by atoms with Crippen LogP contribution in [0.3, 0.4) is 0 Å². The van der Waals surface area contributed by atoms with Crippen LogP contribution in [0.15, 0.2) is 12.1 Å². The number of methoxy groups -OCH3 is 2. The smallest absolute Gasteiger partial charge is 0.224 e. The summed E-state index contributed by atoms with van der Waals surface area (Å²) >= 11 is 7.72. The van der Waals surface area contributed by atoms with Crippen LogP contribution in [0.5, 0.6) is 11.5 Å². The van der Waals surface area contributed by atoms with Gasteiger partial charge in [-0.15, -0.1) is 0 Å². The van der Waals surface area contributed by atoms with Gasteiger partial charge in [0.05, 0.1) is 24.9 Å². The summed E-state index contributed by atoms with van der Waals surface area (Å²) < 4.78 is 10.3. The molecule has 1 aromatic rings. The highest BCUT2D eigenvalue weighted by molar-refractivity contribution is 7.98. The number of carbonyl (C=O) groups is 1. The van der Waals surface area contributed by atoms with Crippen molar-refractivity contribution in [2.75, 3.05) is 31.5 Å². The third kappa shape index (κ3) is 4.84. The number of amides is 1. The first-order valence-corrected chi connectivity index (χ1v) is 7.59. The van der Waals surface area contributed by atoms with Crippen LogP contribution in [0.25, 0.3) is 0 Å². The molecule has 0 aliphatic carbocycles. The van der Waals surface area contributed by atoms with Crippen LogP contribution in [-0.2, 0) is 4.79 Å². The molecule has 0 saturated heterocycles. The Balaban J connectivity index is 2.78. The number of thioether (sulfide) groups is 1. The summed E-state index contributed by atoms with van der Waals surface area (Å²) in [6.07, 6.45) is 3.35. The van der Waals surface area contributed by atoms with Crippen molar-refractivity contribution in [2.45, 2.75) is 12.8 Å². The highest BCUT2D eigenvalue weighted by atomic mass is 35.5. The molecule has 6 heteroatoms. The zero-order chi connectivity index (χ0) is 14.3. The minimum atomic E-state index is -0.0447. The second-order valence-corrected chi connectivity index (χ2v) is 5.22. The maximum absolute atomic E-state index is 11.8. The summed E-state index contributed by atoms with van der Waals surface area (Å²) in [5.41, 5.74) is 0.568. The maximum Gasteiger partial charge on any atom is 0.224 e. The highest BCUT2D eigenvalue weighted by Gasteiger charge is 2.12. The number of nitrogens with one attached hydrogen (secondary N) is 1. The van der Waals surface area contributed by atoms with Gasteiger partial charge in [-0.25, -0.2) is 0 Å². The van der Waals surface area contributed by atoms with Crippen molar-refractivity contribution in [1.82, 2.24) is 0 Å². The highest BCUT2D eigenvalue weighted by Crippen LogP contribution is 2.35. The van der Waals surface area contributed by atoms with Crippen molar-refractivity contribution in [3.05, 3.63) is 17.2 Å². The van der Waals surface area contributed by atoms with E-state index in [9.17, 15) is 4.79 Å². The molecule has 19 heavy (non-hydrogen) atoms. The second kappa shape index (κ2) is 8.17. The van der Waals surface area contributed by atoms with Gasteiger partial charge in [0.2, 0.25) is 5.91 Å². The van der Waals surface area contributed by atoms with Crippen LogP contribution >= 0.6 is 23.4 Å². The van der Waals surface area contributed by atoms with Crippen LogP contribution in [-0.4, -0.2) is 32.1 Å². The van der Waals surface area contributed by atoms with Gasteiger partial charge in [0.25, 0.3) is 0 Å². The fraction of sp³-hybridized carbons (Fsp3) is 0.462. The SMILES string of the molecule is COc1cc(NC(=O)CCCSC)c(OC)cc1Cl. The maximum atomic E-state index is 11.8. The molecular weight excluding hydrogens is 286 g/mol. The van der Waals surface area contributed by atoms with Gasteiger partial charge in [0.1, 0.15) is 11.5 Å². The van der Waals surface area contributed by atoms with Gasteiger partial charge in [0, 0.05) is 18.6 Å². The molecule has 0 unspecified atom stereocenters. The third-order valence-corrected chi connectivity index (χ3v) is 3.49. The van der Waals surface area contributed by atoms with Gasteiger partial charge >= 0.3 is 0 Å². The van der Waals surface area contributed by atoms with Crippen LogP contribution in [0.1, 0.15) is 12.8 Å². The molecule has 1 rings (SSSR count). The number of halogens is 1. The van der Waals surface area contributed by atoms with Gasteiger partial charge in [-0.2, -0.15) is 11.8 Å². The second-order valence-electron chi connectivity index (χ2n) is 3.83. The third-order valence-electron chi connectivity index (χ3n) is 2.50. The number of anilines is 1. The van der Waals surface area contributed by atoms with Gasteiger partial charge in [-0.1, -0.05) is 11.6 Å². The summed E-state index contributed by atoms with van der Waals surface area (Å²) in [6.45, 7) is 0. The lowest BCUT2D eigenvalue weighted by Gasteiger charge is -2.13. The fourth-order valence-electron chi connectivity index (χ4n) is 1.55. The number of ether oxygens (including phenoxy) is 2. The molecule has 1 aromatic carbocycles. The first-order valence-electron chi connectivity index (χ1n) is 5.82. The lowest BCUT2D eigenvalue weighted by molar-refractivity contribution is -0.116. The van der Waals surface area contributed by atoms with E-state index >= 15 is 0 Å². The van der Waals surface area contributed by atoms with Crippen molar-refractivity contribution in [2.24, 2.45) is 0 Å². The largest absolute Gasteiger partial charge is 0.495 e. The number of benzene rings is 1. The van der Waals surface area contributed by atoms with Crippen LogP contribution in [0.2, 0.25) is 5.02 Å². The predicted molar refractivity (Wildman–Crippen MR) is 80.8 cm³/mol. The molecule has 0 heterocycles. The number of carbonyl (C=O) groups excluding carboxylic acids is 1. The molecule has 0 aliphatic rings. The summed E-state index contributed by atoms with van der Waals surface area (Å²) in [7, 11) is 3.05. The Morgan fingerprint density at radius 1 is 1.32 bits per heavy atom.